The molecule has 0 aliphatic carbocycles. The number of anilines is 2. The van der Waals surface area contributed by atoms with E-state index in [-0.39, 0.29) is 5.69 Å². The molecular weight excluding hydrogens is 152 g/mol. The van der Waals surface area contributed by atoms with Crippen LogP contribution in [0.5, 0.6) is 0 Å². The normalized spacial score (nSPS) is 9.73. The molecule has 0 heterocycles. The molecule has 1 aromatic rings. The Morgan fingerprint density at radius 2 is 1.64 bits per heavy atom. The molecular formula is C6H7F2N3. The summed E-state index contributed by atoms with van der Waals surface area (Å²) in [5.41, 5.74) is 6.74. The van der Waals surface area contributed by atoms with Gasteiger partial charge in [-0.25, -0.2) is 8.78 Å². The van der Waals surface area contributed by atoms with Crippen molar-refractivity contribution >= 4 is 11.4 Å². The molecule has 0 saturated heterocycles. The SMILES string of the molecule is NNc1cc(F)c(N)c(F)c1. The Hall–Kier alpha value is -1.36. The summed E-state index contributed by atoms with van der Waals surface area (Å²) in [4.78, 5) is 0. The summed E-state index contributed by atoms with van der Waals surface area (Å²) in [7, 11) is 0. The topological polar surface area (TPSA) is 64.1 Å². The minimum absolute atomic E-state index is 0.147. The summed E-state index contributed by atoms with van der Waals surface area (Å²) in [6.45, 7) is 0. The number of nitrogens with two attached hydrogens (primary N) is 2. The molecule has 0 spiro atoms. The predicted octanol–water partition coefficient (Wildman–Crippen LogP) is 0.833. The molecule has 0 aromatic heterocycles. The molecule has 1 rings (SSSR count). The Morgan fingerprint density at radius 1 is 1.18 bits per heavy atom. The summed E-state index contributed by atoms with van der Waals surface area (Å²) >= 11 is 0. The van der Waals surface area contributed by atoms with Crippen LogP contribution < -0.4 is 17.0 Å². The highest BCUT2D eigenvalue weighted by atomic mass is 19.1. The molecule has 60 valence electrons. The van der Waals surface area contributed by atoms with Gasteiger partial charge in [-0.2, -0.15) is 0 Å². The lowest BCUT2D eigenvalue weighted by Gasteiger charge is -2.02. The number of hydrogen-bond acceptors (Lipinski definition) is 3. The van der Waals surface area contributed by atoms with E-state index in [4.69, 9.17) is 11.6 Å². The van der Waals surface area contributed by atoms with E-state index in [1.54, 1.807) is 0 Å². The van der Waals surface area contributed by atoms with Crippen LogP contribution in [0.4, 0.5) is 20.2 Å². The average molecular weight is 159 g/mol. The molecule has 1 aromatic carbocycles. The van der Waals surface area contributed by atoms with Crippen LogP contribution in [0.3, 0.4) is 0 Å². The quantitative estimate of drug-likeness (QED) is 0.323. The number of nitrogens with one attached hydrogen (secondary N) is 1. The summed E-state index contributed by atoms with van der Waals surface area (Å²) in [5, 5.41) is 0. The largest absolute Gasteiger partial charge is 0.394 e. The second-order valence-corrected chi connectivity index (χ2v) is 2.00. The van der Waals surface area contributed by atoms with Crippen molar-refractivity contribution in [3.63, 3.8) is 0 Å². The number of hydrazine groups is 1. The maximum absolute atomic E-state index is 12.6. The Labute approximate surface area is 62.0 Å². The van der Waals surface area contributed by atoms with Crippen molar-refractivity contribution in [1.29, 1.82) is 0 Å². The van der Waals surface area contributed by atoms with E-state index < -0.39 is 17.3 Å². The number of halogens is 2. The third-order valence-electron chi connectivity index (χ3n) is 1.25. The average Bonchev–Trinajstić information content (AvgIpc) is 1.99. The van der Waals surface area contributed by atoms with Gasteiger partial charge < -0.3 is 11.2 Å². The molecule has 3 nitrogen and oxygen atoms in total. The van der Waals surface area contributed by atoms with Crippen LogP contribution in [0.2, 0.25) is 0 Å². The molecule has 0 unspecified atom stereocenters. The molecule has 5 N–H and O–H groups in total. The fourth-order valence-electron chi connectivity index (χ4n) is 0.668. The first-order valence-electron chi connectivity index (χ1n) is 2.86. The zero-order valence-electron chi connectivity index (χ0n) is 5.57. The number of hydrogen-bond donors (Lipinski definition) is 3. The Morgan fingerprint density at radius 3 is 2.00 bits per heavy atom. The molecule has 0 radical (unpaired) electrons. The molecule has 0 amide bonds. The van der Waals surface area contributed by atoms with Crippen molar-refractivity contribution in [3.8, 4) is 0 Å². The fraction of sp³-hybridized carbons (Fsp3) is 0. The van der Waals surface area contributed by atoms with Crippen LogP contribution in [-0.4, -0.2) is 0 Å². The first-order valence-corrected chi connectivity index (χ1v) is 2.86. The minimum Gasteiger partial charge on any atom is -0.394 e. The van der Waals surface area contributed by atoms with Gasteiger partial charge in [0.2, 0.25) is 0 Å². The van der Waals surface area contributed by atoms with Crippen molar-refractivity contribution in [2.45, 2.75) is 0 Å². The van der Waals surface area contributed by atoms with Crippen LogP contribution in [0.15, 0.2) is 12.1 Å². The van der Waals surface area contributed by atoms with Gasteiger partial charge in [0.1, 0.15) is 5.69 Å². The van der Waals surface area contributed by atoms with Crippen LogP contribution in [-0.2, 0) is 0 Å². The van der Waals surface area contributed by atoms with E-state index >= 15 is 0 Å². The van der Waals surface area contributed by atoms with E-state index in [0.717, 1.165) is 12.1 Å². The maximum Gasteiger partial charge on any atom is 0.151 e. The van der Waals surface area contributed by atoms with Crippen LogP contribution >= 0.6 is 0 Å². The first kappa shape index (κ1) is 7.74. The molecule has 0 atom stereocenters. The van der Waals surface area contributed by atoms with Crippen LogP contribution in [0.1, 0.15) is 0 Å². The third kappa shape index (κ3) is 1.38. The fourth-order valence-corrected chi connectivity index (χ4v) is 0.668. The summed E-state index contributed by atoms with van der Waals surface area (Å²) < 4.78 is 25.1. The maximum atomic E-state index is 12.6. The van der Waals surface area contributed by atoms with Gasteiger partial charge >= 0.3 is 0 Å². The van der Waals surface area contributed by atoms with Gasteiger partial charge in [-0.1, -0.05) is 0 Å². The van der Waals surface area contributed by atoms with E-state index in [1.165, 1.54) is 0 Å². The van der Waals surface area contributed by atoms with Crippen LogP contribution in [0.25, 0.3) is 0 Å². The van der Waals surface area contributed by atoms with Crippen molar-refractivity contribution in [2.75, 3.05) is 11.2 Å². The number of benzene rings is 1. The highest BCUT2D eigenvalue weighted by Gasteiger charge is 2.05. The van der Waals surface area contributed by atoms with Gasteiger partial charge in [-0.15, -0.1) is 0 Å². The van der Waals surface area contributed by atoms with Gasteiger partial charge in [0.15, 0.2) is 11.6 Å². The molecule has 5 heteroatoms. The third-order valence-corrected chi connectivity index (χ3v) is 1.25. The Balaban J connectivity index is 3.21. The monoisotopic (exact) mass is 159 g/mol. The highest BCUT2D eigenvalue weighted by Crippen LogP contribution is 2.19. The molecule has 0 bridgehead atoms. The molecule has 0 saturated carbocycles. The van der Waals surface area contributed by atoms with Gasteiger partial charge in [0.25, 0.3) is 0 Å². The van der Waals surface area contributed by atoms with Crippen molar-refractivity contribution < 1.29 is 8.78 Å². The predicted molar refractivity (Wildman–Crippen MR) is 38.6 cm³/mol. The zero-order chi connectivity index (χ0) is 8.43. The molecule has 0 fully saturated rings. The molecule has 0 aliphatic rings. The van der Waals surface area contributed by atoms with E-state index in [9.17, 15) is 8.78 Å². The second-order valence-electron chi connectivity index (χ2n) is 2.00. The lowest BCUT2D eigenvalue weighted by Crippen LogP contribution is -2.08. The molecule has 0 aliphatic heterocycles. The van der Waals surface area contributed by atoms with Gasteiger partial charge in [-0.3, -0.25) is 5.84 Å². The standard InChI is InChI=1S/C6H7F2N3/c7-4-1-3(11-10)2-5(8)6(4)9/h1-2,11H,9-10H2. The first-order chi connectivity index (χ1) is 5.15. The van der Waals surface area contributed by atoms with Gasteiger partial charge in [0, 0.05) is 12.1 Å². The highest BCUT2D eigenvalue weighted by molar-refractivity contribution is 5.52. The van der Waals surface area contributed by atoms with Crippen molar-refractivity contribution in [3.05, 3.63) is 23.8 Å². The van der Waals surface area contributed by atoms with E-state index in [0.29, 0.717) is 0 Å². The van der Waals surface area contributed by atoms with Crippen molar-refractivity contribution in [1.82, 2.24) is 0 Å². The smallest absolute Gasteiger partial charge is 0.151 e. The van der Waals surface area contributed by atoms with E-state index in [2.05, 4.69) is 5.43 Å². The van der Waals surface area contributed by atoms with Crippen LogP contribution in [0, 0.1) is 11.6 Å². The summed E-state index contributed by atoms with van der Waals surface area (Å²) in [5.74, 6) is 3.27. The lowest BCUT2D eigenvalue weighted by molar-refractivity contribution is 0.592. The Kier molecular flexibility index (Phi) is 1.91. The Bertz CT molecular complexity index is 252. The number of rotatable bonds is 1. The summed E-state index contributed by atoms with van der Waals surface area (Å²) in [6, 6.07) is 2.02. The molecule has 11 heavy (non-hydrogen) atoms. The van der Waals surface area contributed by atoms with Gasteiger partial charge in [-0.05, 0) is 0 Å². The number of nitrogen functional groups attached to an aromatic ring is 2. The minimum atomic E-state index is -0.821. The summed E-state index contributed by atoms with van der Waals surface area (Å²) in [6.07, 6.45) is 0. The van der Waals surface area contributed by atoms with Crippen molar-refractivity contribution in [2.24, 2.45) is 5.84 Å². The second kappa shape index (κ2) is 2.71. The van der Waals surface area contributed by atoms with E-state index in [1.807, 2.05) is 0 Å². The zero-order valence-corrected chi connectivity index (χ0v) is 5.57. The van der Waals surface area contributed by atoms with Gasteiger partial charge in [0.05, 0.1) is 5.69 Å². The lowest BCUT2D eigenvalue weighted by atomic mass is 10.2.